The second kappa shape index (κ2) is 11.8. The maximum atomic E-state index is 14.1. The van der Waals surface area contributed by atoms with Crippen molar-refractivity contribution in [1.29, 1.82) is 0 Å². The minimum atomic E-state index is -0.0646. The van der Waals surface area contributed by atoms with Crippen molar-refractivity contribution in [3.63, 3.8) is 0 Å². The van der Waals surface area contributed by atoms with Crippen molar-refractivity contribution in [3.05, 3.63) is 180 Å². The predicted molar refractivity (Wildman–Crippen MR) is 217 cm³/mol. The summed E-state index contributed by atoms with van der Waals surface area (Å²) in [6, 6.07) is 56.9. The largest absolute Gasteiger partial charge is 0.453 e. The number of rotatable bonds is 4. The van der Waals surface area contributed by atoms with Gasteiger partial charge in [-0.15, -0.1) is 0 Å². The molecule has 6 heteroatoms. The summed E-state index contributed by atoms with van der Waals surface area (Å²) >= 11 is 0. The van der Waals surface area contributed by atoms with Crippen molar-refractivity contribution in [1.82, 2.24) is 19.5 Å². The SMILES string of the molecule is O=c1c2ccccc2c2cc(-c3c4ccccc4c(-c4nc(-c5ccccc5)nc(-c5ccccc5)n4)c4ccccc34)cc3c2n1-c1ccccc1O3. The van der Waals surface area contributed by atoms with Crippen molar-refractivity contribution in [2.75, 3.05) is 0 Å². The van der Waals surface area contributed by atoms with Gasteiger partial charge in [-0.1, -0.05) is 140 Å². The number of para-hydroxylation sites is 2. The molecule has 1 aliphatic heterocycles. The fourth-order valence-electron chi connectivity index (χ4n) is 8.07. The molecule has 0 N–H and O–H groups in total. The van der Waals surface area contributed by atoms with E-state index in [9.17, 15) is 4.79 Å². The van der Waals surface area contributed by atoms with Crippen molar-refractivity contribution in [2.45, 2.75) is 0 Å². The van der Waals surface area contributed by atoms with Crippen LogP contribution in [0.1, 0.15) is 0 Å². The Morgan fingerprint density at radius 3 is 1.48 bits per heavy atom. The van der Waals surface area contributed by atoms with Gasteiger partial charge >= 0.3 is 0 Å². The van der Waals surface area contributed by atoms with Gasteiger partial charge < -0.3 is 4.74 Å². The first-order chi connectivity index (χ1) is 26.7. The Bertz CT molecular complexity index is 3100. The molecule has 1 aliphatic rings. The van der Waals surface area contributed by atoms with Crippen molar-refractivity contribution in [2.24, 2.45) is 0 Å². The summed E-state index contributed by atoms with van der Waals surface area (Å²) in [6.45, 7) is 0. The standard InChI is InChI=1S/C48H28N4O2/c53-48-37-24-12-7-19-32(37)38-27-31(28-41-44(38)52(48)39-25-13-14-26-40(39)54-41)42-33-20-8-10-22-35(33)43(36-23-11-9-21-34(36)42)47-50-45(29-15-3-1-4-16-29)49-46(51-47)30-17-5-2-6-18-30/h1-28H. The van der Waals surface area contributed by atoms with Gasteiger partial charge in [-0.25, -0.2) is 15.0 Å². The monoisotopic (exact) mass is 692 g/mol. The van der Waals surface area contributed by atoms with Crippen molar-refractivity contribution < 1.29 is 4.74 Å². The predicted octanol–water partition coefficient (Wildman–Crippen LogP) is 11.4. The van der Waals surface area contributed by atoms with E-state index in [4.69, 9.17) is 19.7 Å². The van der Waals surface area contributed by atoms with Crippen LogP contribution in [0.15, 0.2) is 175 Å². The summed E-state index contributed by atoms with van der Waals surface area (Å²) in [6.07, 6.45) is 0. The third-order valence-corrected chi connectivity index (χ3v) is 10.4. The zero-order valence-electron chi connectivity index (χ0n) is 28.8. The number of ether oxygens (including phenoxy) is 1. The number of nitrogens with zero attached hydrogens (tertiary/aromatic N) is 4. The highest BCUT2D eigenvalue weighted by atomic mass is 16.5. The van der Waals surface area contributed by atoms with Crippen molar-refractivity contribution >= 4 is 43.2 Å². The van der Waals surface area contributed by atoms with Gasteiger partial charge in [-0.05, 0) is 68.4 Å². The molecule has 2 aromatic heterocycles. The number of aromatic nitrogens is 4. The molecule has 54 heavy (non-hydrogen) atoms. The number of hydrogen-bond acceptors (Lipinski definition) is 5. The van der Waals surface area contributed by atoms with E-state index >= 15 is 0 Å². The van der Waals surface area contributed by atoms with Crippen molar-refractivity contribution in [3.8, 4) is 62.5 Å². The molecule has 0 saturated carbocycles. The van der Waals surface area contributed by atoms with Crippen LogP contribution in [0.3, 0.4) is 0 Å². The molecule has 252 valence electrons. The Hall–Kier alpha value is -7.44. The van der Waals surface area contributed by atoms with Gasteiger partial charge in [-0.3, -0.25) is 9.36 Å². The molecule has 10 aromatic rings. The number of pyridine rings is 1. The van der Waals surface area contributed by atoms with Gasteiger partial charge in [-0.2, -0.15) is 0 Å². The van der Waals surface area contributed by atoms with E-state index in [0.717, 1.165) is 71.3 Å². The molecule has 0 unspecified atom stereocenters. The number of benzene rings is 8. The van der Waals surface area contributed by atoms with Crippen LogP contribution in [0.2, 0.25) is 0 Å². The molecule has 6 nitrogen and oxygen atoms in total. The van der Waals surface area contributed by atoms with E-state index in [2.05, 4.69) is 60.7 Å². The highest BCUT2D eigenvalue weighted by Crippen LogP contribution is 2.48. The molecule has 0 aliphatic carbocycles. The lowest BCUT2D eigenvalue weighted by atomic mass is 9.87. The normalized spacial score (nSPS) is 11.9. The van der Waals surface area contributed by atoms with Gasteiger partial charge in [0.25, 0.3) is 5.56 Å². The molecule has 0 amide bonds. The molecule has 0 bridgehead atoms. The first-order valence-corrected chi connectivity index (χ1v) is 17.9. The van der Waals surface area contributed by atoms with E-state index in [1.54, 1.807) is 0 Å². The lowest BCUT2D eigenvalue weighted by Gasteiger charge is -2.25. The number of hydrogen-bond donors (Lipinski definition) is 0. The smallest absolute Gasteiger partial charge is 0.263 e. The Labute approximate surface area is 309 Å². The number of fused-ring (bicyclic) bond motifs is 6. The summed E-state index contributed by atoms with van der Waals surface area (Å²) < 4.78 is 8.47. The first kappa shape index (κ1) is 30.2. The summed E-state index contributed by atoms with van der Waals surface area (Å²) in [5, 5.41) is 6.63. The van der Waals surface area contributed by atoms with Gasteiger partial charge in [0.05, 0.1) is 11.2 Å². The summed E-state index contributed by atoms with van der Waals surface area (Å²) in [7, 11) is 0. The Balaban J connectivity index is 1.24. The lowest BCUT2D eigenvalue weighted by molar-refractivity contribution is 0.474. The third kappa shape index (κ3) is 4.53. The minimum Gasteiger partial charge on any atom is -0.453 e. The molecule has 0 saturated heterocycles. The quantitative estimate of drug-likeness (QED) is 0.136. The Kier molecular flexibility index (Phi) is 6.60. The third-order valence-electron chi connectivity index (χ3n) is 10.4. The van der Waals surface area contributed by atoms with Gasteiger partial charge in [0.1, 0.15) is 0 Å². The molecular weight excluding hydrogens is 665 g/mol. The highest BCUT2D eigenvalue weighted by Gasteiger charge is 2.26. The molecule has 0 fully saturated rings. The Morgan fingerprint density at radius 2 is 0.870 bits per heavy atom. The van der Waals surface area contributed by atoms with Crippen LogP contribution in [-0.2, 0) is 0 Å². The fourth-order valence-corrected chi connectivity index (χ4v) is 8.07. The molecule has 0 radical (unpaired) electrons. The highest BCUT2D eigenvalue weighted by molar-refractivity contribution is 6.22. The van der Waals surface area contributed by atoms with E-state index in [1.165, 1.54) is 0 Å². The van der Waals surface area contributed by atoms with Gasteiger partial charge in [0.15, 0.2) is 29.0 Å². The topological polar surface area (TPSA) is 69.9 Å². The maximum absolute atomic E-state index is 14.1. The van der Waals surface area contributed by atoms with Crippen LogP contribution in [0.25, 0.3) is 94.2 Å². The maximum Gasteiger partial charge on any atom is 0.263 e. The van der Waals surface area contributed by atoms with E-state index in [-0.39, 0.29) is 5.56 Å². The second-order valence-corrected chi connectivity index (χ2v) is 13.5. The molecule has 0 atom stereocenters. The zero-order chi connectivity index (χ0) is 35.8. The van der Waals surface area contributed by atoms with Crippen LogP contribution < -0.4 is 10.3 Å². The average Bonchev–Trinajstić information content (AvgIpc) is 3.24. The van der Waals surface area contributed by atoms with Crippen LogP contribution in [-0.4, -0.2) is 19.5 Å². The van der Waals surface area contributed by atoms with Crippen LogP contribution in [0.5, 0.6) is 11.5 Å². The molecular formula is C48H28N4O2. The zero-order valence-corrected chi connectivity index (χ0v) is 28.8. The van der Waals surface area contributed by atoms with E-state index in [1.807, 2.05) is 114 Å². The molecule has 3 heterocycles. The summed E-state index contributed by atoms with van der Waals surface area (Å²) in [4.78, 5) is 29.4. The second-order valence-electron chi connectivity index (χ2n) is 13.5. The summed E-state index contributed by atoms with van der Waals surface area (Å²) in [5.74, 6) is 3.11. The lowest BCUT2D eigenvalue weighted by Crippen LogP contribution is -2.22. The molecule has 11 rings (SSSR count). The van der Waals surface area contributed by atoms with Gasteiger partial charge in [0, 0.05) is 27.5 Å². The van der Waals surface area contributed by atoms with Crippen LogP contribution >= 0.6 is 0 Å². The van der Waals surface area contributed by atoms with Gasteiger partial charge in [0.2, 0.25) is 0 Å². The fraction of sp³-hybridized carbons (Fsp3) is 0. The minimum absolute atomic E-state index is 0.0646. The van der Waals surface area contributed by atoms with Crippen LogP contribution in [0, 0.1) is 0 Å². The van der Waals surface area contributed by atoms with E-state index in [0.29, 0.717) is 34.4 Å². The summed E-state index contributed by atoms with van der Waals surface area (Å²) in [5.41, 5.74) is 6.25. The van der Waals surface area contributed by atoms with Crippen LogP contribution in [0.4, 0.5) is 0 Å². The first-order valence-electron chi connectivity index (χ1n) is 17.9. The van der Waals surface area contributed by atoms with E-state index < -0.39 is 0 Å². The average molecular weight is 693 g/mol. The molecule has 0 spiro atoms. The molecule has 8 aromatic carbocycles. The Morgan fingerprint density at radius 1 is 0.389 bits per heavy atom.